The van der Waals surface area contributed by atoms with E-state index in [1.807, 2.05) is 0 Å². The fourth-order valence-electron chi connectivity index (χ4n) is 0.721. The van der Waals surface area contributed by atoms with Gasteiger partial charge in [0.2, 0.25) is 0 Å². The molecule has 1 nitrogen and oxygen atoms in total. The SMILES string of the molecule is C=[C]c1ccc(F)c(C#N)c1. The highest BCUT2D eigenvalue weighted by Crippen LogP contribution is 2.08. The smallest absolute Gasteiger partial charge is 0.140 e. The second-order valence-corrected chi connectivity index (χ2v) is 1.98. The lowest BCUT2D eigenvalue weighted by Crippen LogP contribution is -1.83. The molecule has 0 N–H and O–H groups in total. The standard InChI is InChI=1S/C9H5FN/c1-2-7-3-4-9(10)8(5-7)6-11/h3-5H,1H2. The molecule has 0 aromatic heterocycles. The summed E-state index contributed by atoms with van der Waals surface area (Å²) in [4.78, 5) is 0. The quantitative estimate of drug-likeness (QED) is 0.594. The van der Waals surface area contributed by atoms with Gasteiger partial charge < -0.3 is 0 Å². The second kappa shape index (κ2) is 2.98. The van der Waals surface area contributed by atoms with Gasteiger partial charge in [-0.1, -0.05) is 12.6 Å². The number of benzene rings is 1. The Morgan fingerprint density at radius 1 is 1.45 bits per heavy atom. The Kier molecular flexibility index (Phi) is 2.03. The van der Waals surface area contributed by atoms with E-state index in [4.69, 9.17) is 5.26 Å². The Bertz CT molecular complexity index is 323. The fourth-order valence-corrected chi connectivity index (χ4v) is 0.721. The summed E-state index contributed by atoms with van der Waals surface area (Å²) in [5.74, 6) is -0.508. The number of rotatable bonds is 1. The van der Waals surface area contributed by atoms with Crippen molar-refractivity contribution in [1.82, 2.24) is 0 Å². The van der Waals surface area contributed by atoms with Crippen LogP contribution in [0.2, 0.25) is 0 Å². The van der Waals surface area contributed by atoms with Gasteiger partial charge in [0, 0.05) is 0 Å². The van der Waals surface area contributed by atoms with E-state index in [1.165, 1.54) is 18.2 Å². The van der Waals surface area contributed by atoms with Crippen LogP contribution in [0.3, 0.4) is 0 Å². The summed E-state index contributed by atoms with van der Waals surface area (Å²) in [6.45, 7) is 3.38. The van der Waals surface area contributed by atoms with Crippen molar-refractivity contribution in [3.8, 4) is 6.07 Å². The van der Waals surface area contributed by atoms with E-state index in [2.05, 4.69) is 12.7 Å². The molecule has 53 valence electrons. The molecule has 0 saturated heterocycles. The van der Waals surface area contributed by atoms with Crippen LogP contribution in [0.25, 0.3) is 0 Å². The van der Waals surface area contributed by atoms with Crippen LogP contribution in [0.4, 0.5) is 4.39 Å². The van der Waals surface area contributed by atoms with Crippen LogP contribution in [0.15, 0.2) is 24.8 Å². The average Bonchev–Trinajstić information content (AvgIpc) is 2.05. The van der Waals surface area contributed by atoms with Gasteiger partial charge in [-0.2, -0.15) is 5.26 Å². The van der Waals surface area contributed by atoms with Gasteiger partial charge in [-0.3, -0.25) is 0 Å². The first kappa shape index (κ1) is 7.49. The predicted molar refractivity (Wildman–Crippen MR) is 39.1 cm³/mol. The molecule has 1 aromatic rings. The zero-order valence-electron chi connectivity index (χ0n) is 5.76. The van der Waals surface area contributed by atoms with Crippen LogP contribution in [-0.4, -0.2) is 0 Å². The van der Waals surface area contributed by atoms with Crippen LogP contribution in [0, 0.1) is 23.2 Å². The van der Waals surface area contributed by atoms with Crippen molar-refractivity contribution in [2.45, 2.75) is 0 Å². The van der Waals surface area contributed by atoms with Gasteiger partial charge in [-0.05, 0) is 23.8 Å². The van der Waals surface area contributed by atoms with E-state index in [9.17, 15) is 4.39 Å². The van der Waals surface area contributed by atoms with Crippen molar-refractivity contribution in [1.29, 1.82) is 5.26 Å². The molecule has 0 aliphatic heterocycles. The zero-order valence-corrected chi connectivity index (χ0v) is 5.76. The molecule has 11 heavy (non-hydrogen) atoms. The maximum Gasteiger partial charge on any atom is 0.140 e. The zero-order chi connectivity index (χ0) is 8.27. The van der Waals surface area contributed by atoms with Crippen molar-refractivity contribution < 1.29 is 4.39 Å². The Labute approximate surface area is 64.4 Å². The molecule has 0 aliphatic carbocycles. The van der Waals surface area contributed by atoms with E-state index in [-0.39, 0.29) is 5.56 Å². The average molecular weight is 146 g/mol. The highest BCUT2D eigenvalue weighted by Gasteiger charge is 1.99. The Morgan fingerprint density at radius 3 is 2.73 bits per heavy atom. The number of hydrogen-bond donors (Lipinski definition) is 0. The normalized spacial score (nSPS) is 8.73. The van der Waals surface area contributed by atoms with Crippen LogP contribution < -0.4 is 0 Å². The van der Waals surface area contributed by atoms with Gasteiger partial charge >= 0.3 is 0 Å². The van der Waals surface area contributed by atoms with E-state index in [1.54, 1.807) is 6.07 Å². The number of hydrogen-bond acceptors (Lipinski definition) is 1. The van der Waals surface area contributed by atoms with Gasteiger partial charge in [0.15, 0.2) is 0 Å². The predicted octanol–water partition coefficient (Wildman–Crippen LogP) is 2.03. The van der Waals surface area contributed by atoms with Crippen LogP contribution in [0.1, 0.15) is 11.1 Å². The third kappa shape index (κ3) is 1.44. The van der Waals surface area contributed by atoms with Crippen molar-refractivity contribution in [3.63, 3.8) is 0 Å². The van der Waals surface area contributed by atoms with Crippen LogP contribution >= 0.6 is 0 Å². The van der Waals surface area contributed by atoms with Crippen LogP contribution in [0.5, 0.6) is 0 Å². The molecule has 0 aliphatic rings. The lowest BCUT2D eigenvalue weighted by Gasteiger charge is -1.93. The molecular weight excluding hydrogens is 141 g/mol. The summed E-state index contributed by atoms with van der Waals surface area (Å²) in [6.07, 6.45) is 2.56. The third-order valence-electron chi connectivity index (χ3n) is 1.29. The van der Waals surface area contributed by atoms with Crippen molar-refractivity contribution >= 4 is 0 Å². The molecule has 0 spiro atoms. The molecule has 0 heterocycles. The molecule has 1 rings (SSSR count). The van der Waals surface area contributed by atoms with Gasteiger partial charge in [0.1, 0.15) is 11.9 Å². The maximum atomic E-state index is 12.6. The summed E-state index contributed by atoms with van der Waals surface area (Å²) < 4.78 is 12.6. The van der Waals surface area contributed by atoms with Gasteiger partial charge in [-0.25, -0.2) is 4.39 Å². The monoisotopic (exact) mass is 146 g/mol. The highest BCUT2D eigenvalue weighted by molar-refractivity contribution is 5.36. The lowest BCUT2D eigenvalue weighted by molar-refractivity contribution is 0.623. The Balaban J connectivity index is 3.25. The molecule has 1 radical (unpaired) electrons. The molecule has 1 aromatic carbocycles. The third-order valence-corrected chi connectivity index (χ3v) is 1.29. The van der Waals surface area contributed by atoms with Crippen molar-refractivity contribution in [2.75, 3.05) is 0 Å². The molecule has 0 amide bonds. The van der Waals surface area contributed by atoms with Gasteiger partial charge in [0.05, 0.1) is 5.56 Å². The largest absolute Gasteiger partial charge is 0.206 e. The summed E-state index contributed by atoms with van der Waals surface area (Å²) in [6, 6.07) is 5.88. The van der Waals surface area contributed by atoms with Crippen LogP contribution in [-0.2, 0) is 0 Å². The highest BCUT2D eigenvalue weighted by atomic mass is 19.1. The molecule has 0 fully saturated rings. The first-order valence-corrected chi connectivity index (χ1v) is 3.00. The topological polar surface area (TPSA) is 23.8 Å². The Morgan fingerprint density at radius 2 is 2.18 bits per heavy atom. The van der Waals surface area contributed by atoms with E-state index in [0.717, 1.165) is 0 Å². The van der Waals surface area contributed by atoms with E-state index < -0.39 is 5.82 Å². The van der Waals surface area contributed by atoms with Gasteiger partial charge in [0.25, 0.3) is 0 Å². The molecule has 0 unspecified atom stereocenters. The minimum atomic E-state index is -0.508. The van der Waals surface area contributed by atoms with Gasteiger partial charge in [-0.15, -0.1) is 0 Å². The summed E-state index contributed by atoms with van der Waals surface area (Å²) in [7, 11) is 0. The first-order valence-electron chi connectivity index (χ1n) is 3.00. The Hall–Kier alpha value is -1.62. The first-order chi connectivity index (χ1) is 5.27. The fraction of sp³-hybridized carbons (Fsp3) is 0. The van der Waals surface area contributed by atoms with E-state index >= 15 is 0 Å². The number of nitrogens with zero attached hydrogens (tertiary/aromatic N) is 1. The molecular formula is C9H5FN. The number of halogens is 1. The lowest BCUT2D eigenvalue weighted by atomic mass is 10.1. The molecule has 2 heteroatoms. The molecule has 0 saturated carbocycles. The summed E-state index contributed by atoms with van der Waals surface area (Å²) in [5.41, 5.74) is 0.654. The van der Waals surface area contributed by atoms with E-state index in [0.29, 0.717) is 5.56 Å². The van der Waals surface area contributed by atoms with Crippen molar-refractivity contribution in [3.05, 3.63) is 47.8 Å². The summed E-state index contributed by atoms with van der Waals surface area (Å²) >= 11 is 0. The second-order valence-electron chi connectivity index (χ2n) is 1.98. The maximum absolute atomic E-state index is 12.6. The molecule has 0 bridgehead atoms. The molecule has 0 atom stereocenters. The van der Waals surface area contributed by atoms with Crippen molar-refractivity contribution in [2.24, 2.45) is 0 Å². The number of nitriles is 1. The minimum Gasteiger partial charge on any atom is -0.206 e. The summed E-state index contributed by atoms with van der Waals surface area (Å²) in [5, 5.41) is 8.40. The minimum absolute atomic E-state index is 0.0265.